The van der Waals surface area contributed by atoms with E-state index in [0.29, 0.717) is 31.1 Å². The van der Waals surface area contributed by atoms with Gasteiger partial charge in [0.15, 0.2) is 5.13 Å². The number of nitrogens with zero attached hydrogens (tertiary/aromatic N) is 2. The van der Waals surface area contributed by atoms with E-state index in [1.807, 2.05) is 43.5 Å². The monoisotopic (exact) mass is 345 g/mol. The highest BCUT2D eigenvalue weighted by atomic mass is 32.1. The smallest absolute Gasteiger partial charge is 0.243 e. The molecule has 6 heteroatoms. The summed E-state index contributed by atoms with van der Waals surface area (Å²) in [5, 5.41) is 16.3. The second-order valence-corrected chi connectivity index (χ2v) is 7.28. The molecule has 1 saturated heterocycles. The van der Waals surface area contributed by atoms with Crippen molar-refractivity contribution < 1.29 is 9.90 Å². The van der Waals surface area contributed by atoms with Gasteiger partial charge in [0.05, 0.1) is 11.6 Å². The quantitative estimate of drug-likeness (QED) is 0.894. The zero-order valence-electron chi connectivity index (χ0n) is 14.0. The Morgan fingerprint density at radius 1 is 1.38 bits per heavy atom. The maximum absolute atomic E-state index is 12.3. The van der Waals surface area contributed by atoms with E-state index >= 15 is 0 Å². The van der Waals surface area contributed by atoms with Gasteiger partial charge in [-0.2, -0.15) is 0 Å². The molecule has 0 bridgehead atoms. The van der Waals surface area contributed by atoms with Gasteiger partial charge in [0.2, 0.25) is 5.91 Å². The van der Waals surface area contributed by atoms with E-state index in [2.05, 4.69) is 15.2 Å². The van der Waals surface area contributed by atoms with Crippen molar-refractivity contribution in [1.82, 2.24) is 9.88 Å². The number of piperidine rings is 1. The molecule has 1 aromatic carbocycles. The molecule has 1 amide bonds. The first-order valence-corrected chi connectivity index (χ1v) is 9.10. The van der Waals surface area contributed by atoms with E-state index in [9.17, 15) is 9.90 Å². The SMILES string of the molecule is Cc1ccccc1C1(O)CCN([C@@H](C)C(=O)Nc2nccs2)CC1. The molecule has 5 nitrogen and oxygen atoms in total. The fraction of sp³-hybridized carbons (Fsp3) is 0.444. The molecule has 1 aromatic heterocycles. The van der Waals surface area contributed by atoms with Gasteiger partial charge in [0, 0.05) is 24.7 Å². The van der Waals surface area contributed by atoms with Crippen LogP contribution in [-0.4, -0.2) is 40.0 Å². The van der Waals surface area contributed by atoms with E-state index in [1.54, 1.807) is 6.20 Å². The topological polar surface area (TPSA) is 65.5 Å². The lowest BCUT2D eigenvalue weighted by Gasteiger charge is -2.41. The van der Waals surface area contributed by atoms with Crippen molar-refractivity contribution in [3.05, 3.63) is 47.0 Å². The number of anilines is 1. The molecule has 24 heavy (non-hydrogen) atoms. The molecule has 0 saturated carbocycles. The Morgan fingerprint density at radius 3 is 2.71 bits per heavy atom. The van der Waals surface area contributed by atoms with Crippen LogP contribution in [0.1, 0.15) is 30.9 Å². The number of nitrogens with one attached hydrogen (secondary N) is 1. The Kier molecular flexibility index (Phi) is 4.99. The predicted molar refractivity (Wildman–Crippen MR) is 96.1 cm³/mol. The number of amides is 1. The lowest BCUT2D eigenvalue weighted by molar-refractivity contribution is -0.123. The van der Waals surface area contributed by atoms with Crippen LogP contribution in [0.4, 0.5) is 5.13 Å². The average Bonchev–Trinajstić information content (AvgIpc) is 3.08. The minimum absolute atomic E-state index is 0.0497. The summed E-state index contributed by atoms with van der Waals surface area (Å²) in [7, 11) is 0. The van der Waals surface area contributed by atoms with Crippen LogP contribution in [0.5, 0.6) is 0 Å². The summed E-state index contributed by atoms with van der Waals surface area (Å²) in [5.74, 6) is -0.0497. The normalized spacial score (nSPS) is 19.0. The Bertz CT molecular complexity index is 694. The Hall–Kier alpha value is -1.76. The standard InChI is InChI=1S/C18H23N3O2S/c1-13-5-3-4-6-15(13)18(23)7-10-21(11-8-18)14(2)16(22)20-17-19-9-12-24-17/h3-6,9,12,14,23H,7-8,10-11H2,1-2H3,(H,19,20,22)/t14-/m0/s1. The van der Waals surface area contributed by atoms with Gasteiger partial charge in [0.25, 0.3) is 0 Å². The Balaban J connectivity index is 1.62. The third-order valence-corrected chi connectivity index (χ3v) is 5.55. The molecule has 1 fully saturated rings. The van der Waals surface area contributed by atoms with Crippen LogP contribution in [0.3, 0.4) is 0 Å². The van der Waals surface area contributed by atoms with Gasteiger partial charge in [-0.05, 0) is 37.8 Å². The van der Waals surface area contributed by atoms with E-state index in [-0.39, 0.29) is 11.9 Å². The van der Waals surface area contributed by atoms with Crippen molar-refractivity contribution in [1.29, 1.82) is 0 Å². The molecular weight excluding hydrogens is 322 g/mol. The minimum Gasteiger partial charge on any atom is -0.385 e. The number of hydrogen-bond acceptors (Lipinski definition) is 5. The van der Waals surface area contributed by atoms with Crippen molar-refractivity contribution in [2.75, 3.05) is 18.4 Å². The number of carbonyl (C=O) groups excluding carboxylic acids is 1. The number of carbonyl (C=O) groups is 1. The molecule has 1 atom stereocenters. The van der Waals surface area contributed by atoms with E-state index in [1.165, 1.54) is 11.3 Å². The summed E-state index contributed by atoms with van der Waals surface area (Å²) >= 11 is 1.41. The van der Waals surface area contributed by atoms with Crippen molar-refractivity contribution in [2.24, 2.45) is 0 Å². The van der Waals surface area contributed by atoms with Gasteiger partial charge in [-0.15, -0.1) is 11.3 Å². The molecule has 2 N–H and O–H groups in total. The van der Waals surface area contributed by atoms with Gasteiger partial charge in [0.1, 0.15) is 0 Å². The molecule has 0 unspecified atom stereocenters. The van der Waals surface area contributed by atoms with Crippen molar-refractivity contribution in [3.8, 4) is 0 Å². The van der Waals surface area contributed by atoms with Crippen molar-refractivity contribution >= 4 is 22.4 Å². The Morgan fingerprint density at radius 2 is 2.08 bits per heavy atom. The Labute approximate surface area is 146 Å². The molecule has 1 aliphatic rings. The number of aromatic nitrogens is 1. The van der Waals surface area contributed by atoms with E-state index in [4.69, 9.17) is 0 Å². The highest BCUT2D eigenvalue weighted by molar-refractivity contribution is 7.13. The average molecular weight is 345 g/mol. The number of benzene rings is 1. The van der Waals surface area contributed by atoms with Gasteiger partial charge < -0.3 is 10.4 Å². The third-order valence-electron chi connectivity index (χ3n) is 4.86. The number of hydrogen-bond donors (Lipinski definition) is 2. The summed E-state index contributed by atoms with van der Waals surface area (Å²) in [6.07, 6.45) is 2.94. The number of rotatable bonds is 4. The van der Waals surface area contributed by atoms with Gasteiger partial charge in [-0.3, -0.25) is 9.69 Å². The minimum atomic E-state index is -0.798. The largest absolute Gasteiger partial charge is 0.385 e. The number of likely N-dealkylation sites (tertiary alicyclic amines) is 1. The van der Waals surface area contributed by atoms with Crippen LogP contribution in [0.15, 0.2) is 35.8 Å². The van der Waals surface area contributed by atoms with E-state index < -0.39 is 5.60 Å². The van der Waals surface area contributed by atoms with Crippen LogP contribution < -0.4 is 5.32 Å². The molecule has 0 aliphatic carbocycles. The zero-order chi connectivity index (χ0) is 17.2. The first-order chi connectivity index (χ1) is 11.5. The molecule has 2 aromatic rings. The van der Waals surface area contributed by atoms with Crippen LogP contribution in [0, 0.1) is 6.92 Å². The fourth-order valence-corrected chi connectivity index (χ4v) is 3.84. The first kappa shape index (κ1) is 17.1. The molecule has 128 valence electrons. The molecule has 0 radical (unpaired) electrons. The van der Waals surface area contributed by atoms with Gasteiger partial charge >= 0.3 is 0 Å². The zero-order valence-corrected chi connectivity index (χ0v) is 14.8. The second kappa shape index (κ2) is 7.01. The summed E-state index contributed by atoms with van der Waals surface area (Å²) in [4.78, 5) is 18.6. The van der Waals surface area contributed by atoms with Gasteiger partial charge in [-0.25, -0.2) is 4.98 Å². The third kappa shape index (κ3) is 3.50. The lowest BCUT2D eigenvalue weighted by atomic mass is 9.82. The molecule has 1 aliphatic heterocycles. The maximum atomic E-state index is 12.3. The first-order valence-electron chi connectivity index (χ1n) is 8.22. The molecule has 3 rings (SSSR count). The highest BCUT2D eigenvalue weighted by Gasteiger charge is 2.37. The van der Waals surface area contributed by atoms with E-state index in [0.717, 1.165) is 11.1 Å². The van der Waals surface area contributed by atoms with Crippen LogP contribution >= 0.6 is 11.3 Å². The molecular formula is C18H23N3O2S. The lowest BCUT2D eigenvalue weighted by Crippen LogP contribution is -2.50. The van der Waals surface area contributed by atoms with Crippen LogP contribution in [0.25, 0.3) is 0 Å². The second-order valence-electron chi connectivity index (χ2n) is 6.38. The number of thiazole rings is 1. The summed E-state index contributed by atoms with van der Waals surface area (Å²) in [5.41, 5.74) is 1.32. The van der Waals surface area contributed by atoms with Crippen molar-refractivity contribution in [2.45, 2.75) is 38.3 Å². The predicted octanol–water partition coefficient (Wildman–Crippen LogP) is 2.76. The number of aliphatic hydroxyl groups is 1. The molecule has 0 spiro atoms. The summed E-state index contributed by atoms with van der Waals surface area (Å²) < 4.78 is 0. The van der Waals surface area contributed by atoms with Crippen molar-refractivity contribution in [3.63, 3.8) is 0 Å². The number of aryl methyl sites for hydroxylation is 1. The van der Waals surface area contributed by atoms with Crippen LogP contribution in [0.2, 0.25) is 0 Å². The van der Waals surface area contributed by atoms with Gasteiger partial charge in [-0.1, -0.05) is 24.3 Å². The summed E-state index contributed by atoms with van der Waals surface area (Å²) in [6.45, 7) is 5.32. The summed E-state index contributed by atoms with van der Waals surface area (Å²) in [6, 6.07) is 7.75. The highest BCUT2D eigenvalue weighted by Crippen LogP contribution is 2.35. The fourth-order valence-electron chi connectivity index (χ4n) is 3.31. The maximum Gasteiger partial charge on any atom is 0.243 e. The molecule has 2 heterocycles. The van der Waals surface area contributed by atoms with Crippen LogP contribution in [-0.2, 0) is 10.4 Å².